The van der Waals surface area contributed by atoms with Gasteiger partial charge in [-0.25, -0.2) is 0 Å². The number of nitrogens with two attached hydrogens (primary N) is 1. The van der Waals surface area contributed by atoms with Crippen LogP contribution in [-0.2, 0) is 20.8 Å². The van der Waals surface area contributed by atoms with Gasteiger partial charge in [0, 0.05) is 43.0 Å². The molecule has 0 saturated carbocycles. The first-order valence-corrected chi connectivity index (χ1v) is 13.0. The van der Waals surface area contributed by atoms with E-state index in [2.05, 4.69) is 10.3 Å². The highest BCUT2D eigenvalue weighted by atomic mass is 16.5. The van der Waals surface area contributed by atoms with Crippen molar-refractivity contribution in [1.29, 1.82) is 0 Å². The number of rotatable bonds is 13. The van der Waals surface area contributed by atoms with Crippen molar-refractivity contribution in [3.05, 3.63) is 90.1 Å². The minimum atomic E-state index is -0.741. The number of para-hydroxylation sites is 2. The van der Waals surface area contributed by atoms with E-state index >= 15 is 0 Å². The van der Waals surface area contributed by atoms with Crippen molar-refractivity contribution in [1.82, 2.24) is 10.3 Å². The Labute approximate surface area is 232 Å². The molecule has 4 aromatic rings. The fourth-order valence-corrected chi connectivity index (χ4v) is 4.53. The van der Waals surface area contributed by atoms with Crippen molar-refractivity contribution in [2.75, 3.05) is 20.3 Å². The number of aryl methyl sites for hydroxylation is 1. The Hall–Kier alpha value is -4.63. The number of ether oxygens (including phenoxy) is 3. The predicted molar refractivity (Wildman–Crippen MR) is 151 cm³/mol. The van der Waals surface area contributed by atoms with Crippen LogP contribution in [0.5, 0.6) is 17.2 Å². The third-order valence-electron chi connectivity index (χ3n) is 6.63. The normalized spacial score (nSPS) is 12.4. The number of amides is 1. The van der Waals surface area contributed by atoms with Gasteiger partial charge in [0.15, 0.2) is 5.78 Å². The lowest BCUT2D eigenvalue weighted by Gasteiger charge is -2.23. The molecule has 0 fully saturated rings. The average Bonchev–Trinajstić information content (AvgIpc) is 3.40. The second kappa shape index (κ2) is 13.4. The molecule has 0 radical (unpaired) electrons. The maximum Gasteiger partial charge on any atom is 0.308 e. The summed E-state index contributed by atoms with van der Waals surface area (Å²) < 4.78 is 16.1. The van der Waals surface area contributed by atoms with Crippen LogP contribution in [0.1, 0.15) is 30.5 Å². The number of nitrogens with one attached hydrogen (secondary N) is 2. The molecule has 9 nitrogen and oxygen atoms in total. The topological polar surface area (TPSA) is 133 Å². The van der Waals surface area contributed by atoms with Crippen LogP contribution in [0.25, 0.3) is 10.9 Å². The van der Waals surface area contributed by atoms with Gasteiger partial charge in [0.25, 0.3) is 0 Å². The first-order chi connectivity index (χ1) is 19.4. The van der Waals surface area contributed by atoms with E-state index < -0.39 is 17.9 Å². The number of carbonyl (C=O) groups is 3. The van der Waals surface area contributed by atoms with Crippen molar-refractivity contribution >= 4 is 28.6 Å². The molecule has 0 aliphatic rings. The molecule has 40 heavy (non-hydrogen) atoms. The Bertz CT molecular complexity index is 1460. The number of aromatic nitrogens is 1. The maximum absolute atomic E-state index is 13.4. The molecule has 0 spiro atoms. The number of esters is 1. The molecule has 0 aliphatic carbocycles. The fraction of sp³-hybridized carbons (Fsp3) is 0.258. The molecule has 4 N–H and O–H groups in total. The Kier molecular flexibility index (Phi) is 9.53. The number of ketones is 1. The van der Waals surface area contributed by atoms with E-state index in [1.54, 1.807) is 37.6 Å². The van der Waals surface area contributed by atoms with Gasteiger partial charge in [0.1, 0.15) is 23.9 Å². The summed E-state index contributed by atoms with van der Waals surface area (Å²) in [5.41, 5.74) is 9.28. The number of methoxy groups -OCH3 is 1. The Balaban J connectivity index is 1.44. The van der Waals surface area contributed by atoms with Crippen LogP contribution in [0.3, 0.4) is 0 Å². The molecule has 3 aromatic carbocycles. The number of hydrogen-bond donors (Lipinski definition) is 3. The van der Waals surface area contributed by atoms with Crippen LogP contribution in [0.15, 0.2) is 79.0 Å². The van der Waals surface area contributed by atoms with E-state index in [1.807, 2.05) is 48.5 Å². The molecule has 1 amide bonds. The van der Waals surface area contributed by atoms with Crippen LogP contribution < -0.4 is 25.3 Å². The lowest BCUT2D eigenvalue weighted by atomic mass is 9.90. The number of Topliss-reactive ketones (excluding diaryl/α,β-unsaturated/α-hetero) is 1. The standard InChI is InChI=1S/C31H33N3O6/c1-20(35)40-23-14-12-22(13-15-23)39-19-28(36)26(31(32)25-17-33-27-9-5-4-8-24(25)27)18-34-30(37)16-11-21-7-3-6-10-29(21)38-2/h3-10,12-15,17,26,31,33H,11,16,18-19,32H2,1-2H3,(H,34,37). The Morgan fingerprint density at radius 2 is 1.65 bits per heavy atom. The Morgan fingerprint density at radius 3 is 2.40 bits per heavy atom. The van der Waals surface area contributed by atoms with Gasteiger partial charge in [-0.05, 0) is 53.9 Å². The molecule has 0 bridgehead atoms. The summed E-state index contributed by atoms with van der Waals surface area (Å²) in [5, 5.41) is 3.81. The Morgan fingerprint density at radius 1 is 0.950 bits per heavy atom. The van der Waals surface area contributed by atoms with Crippen molar-refractivity contribution in [3.63, 3.8) is 0 Å². The van der Waals surface area contributed by atoms with Gasteiger partial charge in [0.05, 0.1) is 13.0 Å². The van der Waals surface area contributed by atoms with Crippen molar-refractivity contribution in [2.24, 2.45) is 11.7 Å². The average molecular weight is 544 g/mol. The van der Waals surface area contributed by atoms with Gasteiger partial charge in [0.2, 0.25) is 5.91 Å². The molecule has 2 unspecified atom stereocenters. The molecule has 208 valence electrons. The smallest absolute Gasteiger partial charge is 0.308 e. The van der Waals surface area contributed by atoms with Crippen LogP contribution in [0, 0.1) is 5.92 Å². The van der Waals surface area contributed by atoms with Gasteiger partial charge in [-0.3, -0.25) is 14.4 Å². The summed E-state index contributed by atoms with van der Waals surface area (Å²) >= 11 is 0. The second-order valence-corrected chi connectivity index (χ2v) is 9.36. The number of benzene rings is 3. The molecule has 1 aromatic heterocycles. The number of H-pyrrole nitrogens is 1. The quantitative estimate of drug-likeness (QED) is 0.171. The van der Waals surface area contributed by atoms with Gasteiger partial charge in [-0.2, -0.15) is 0 Å². The first-order valence-electron chi connectivity index (χ1n) is 13.0. The van der Waals surface area contributed by atoms with E-state index in [1.165, 1.54) is 6.92 Å². The summed E-state index contributed by atoms with van der Waals surface area (Å²) in [5.74, 6) is -0.0881. The fourth-order valence-electron chi connectivity index (χ4n) is 4.53. The number of carbonyl (C=O) groups excluding carboxylic acids is 3. The van der Waals surface area contributed by atoms with Crippen molar-refractivity contribution < 1.29 is 28.6 Å². The van der Waals surface area contributed by atoms with Gasteiger partial charge < -0.3 is 30.2 Å². The summed E-state index contributed by atoms with van der Waals surface area (Å²) in [6, 6.07) is 20.9. The molecule has 0 saturated heterocycles. The zero-order valence-electron chi connectivity index (χ0n) is 22.5. The highest BCUT2D eigenvalue weighted by Crippen LogP contribution is 2.28. The molecular weight excluding hydrogens is 510 g/mol. The van der Waals surface area contributed by atoms with Crippen LogP contribution in [-0.4, -0.2) is 42.9 Å². The highest BCUT2D eigenvalue weighted by Gasteiger charge is 2.29. The van der Waals surface area contributed by atoms with E-state index in [0.29, 0.717) is 17.9 Å². The molecule has 0 aliphatic heterocycles. The highest BCUT2D eigenvalue weighted by molar-refractivity contribution is 5.88. The molecule has 9 heteroatoms. The largest absolute Gasteiger partial charge is 0.496 e. The van der Waals surface area contributed by atoms with Crippen LogP contribution in [0.4, 0.5) is 0 Å². The van der Waals surface area contributed by atoms with Crippen molar-refractivity contribution in [2.45, 2.75) is 25.8 Å². The van der Waals surface area contributed by atoms with Gasteiger partial charge in [-0.15, -0.1) is 0 Å². The van der Waals surface area contributed by atoms with E-state index in [4.69, 9.17) is 19.9 Å². The zero-order chi connectivity index (χ0) is 28.5. The summed E-state index contributed by atoms with van der Waals surface area (Å²) in [7, 11) is 1.59. The lowest BCUT2D eigenvalue weighted by Crippen LogP contribution is -2.40. The zero-order valence-corrected chi connectivity index (χ0v) is 22.5. The minimum absolute atomic E-state index is 0.0546. The van der Waals surface area contributed by atoms with Crippen LogP contribution >= 0.6 is 0 Å². The maximum atomic E-state index is 13.4. The van der Waals surface area contributed by atoms with Crippen LogP contribution in [0.2, 0.25) is 0 Å². The summed E-state index contributed by atoms with van der Waals surface area (Å²) in [6.07, 6.45) is 2.53. The monoisotopic (exact) mass is 543 g/mol. The van der Waals surface area contributed by atoms with Gasteiger partial charge >= 0.3 is 5.97 Å². The molecule has 2 atom stereocenters. The SMILES string of the molecule is COc1ccccc1CCC(=O)NCC(C(=O)COc1ccc(OC(C)=O)cc1)C(N)c1c[nH]c2ccccc12. The second-order valence-electron chi connectivity index (χ2n) is 9.36. The van der Waals surface area contributed by atoms with E-state index in [0.717, 1.165) is 27.8 Å². The minimum Gasteiger partial charge on any atom is -0.496 e. The third-order valence-corrected chi connectivity index (χ3v) is 6.63. The first kappa shape index (κ1) is 28.4. The van der Waals surface area contributed by atoms with Crippen molar-refractivity contribution in [3.8, 4) is 17.2 Å². The predicted octanol–water partition coefficient (Wildman–Crippen LogP) is 4.11. The van der Waals surface area contributed by atoms with E-state index in [9.17, 15) is 14.4 Å². The van der Waals surface area contributed by atoms with E-state index in [-0.39, 0.29) is 31.3 Å². The summed E-state index contributed by atoms with van der Waals surface area (Å²) in [4.78, 5) is 40.5. The number of aromatic amines is 1. The molecular formula is C31H33N3O6. The molecule has 4 rings (SSSR count). The third kappa shape index (κ3) is 7.27. The summed E-state index contributed by atoms with van der Waals surface area (Å²) in [6.45, 7) is 1.13. The number of hydrogen-bond acceptors (Lipinski definition) is 7. The number of fused-ring (bicyclic) bond motifs is 1. The molecule has 1 heterocycles. The lowest BCUT2D eigenvalue weighted by molar-refractivity contribution is -0.132. The van der Waals surface area contributed by atoms with Gasteiger partial charge in [-0.1, -0.05) is 36.4 Å².